The van der Waals surface area contributed by atoms with Crippen LogP contribution in [-0.2, 0) is 4.74 Å². The SMILES string of the molecule is O=c1[nH]cnc2c1nc(N1CCCC1)n2[C@H]1O[C@@H](CO)[C@H](O)[C@H]1O. The Morgan fingerprint density at radius 2 is 2.04 bits per heavy atom. The Labute approximate surface area is 136 Å². The number of H-pyrrole nitrogens is 1. The molecule has 0 saturated carbocycles. The van der Waals surface area contributed by atoms with E-state index >= 15 is 0 Å². The van der Waals surface area contributed by atoms with Gasteiger partial charge in [0.05, 0.1) is 12.9 Å². The molecule has 24 heavy (non-hydrogen) atoms. The zero-order chi connectivity index (χ0) is 16.8. The second-order valence-electron chi connectivity index (χ2n) is 6.11. The standard InChI is InChI=1S/C14H19N5O5/c20-5-7-9(21)10(22)13(24-7)19-11-8(12(23)16-6-15-11)17-14(19)18-3-1-2-4-18/h6-7,9-10,13,20-22H,1-5H2,(H,15,16,23)/t7-,9-,10+,13-/m0/s1. The molecule has 2 aromatic rings. The van der Waals surface area contributed by atoms with Crippen molar-refractivity contribution < 1.29 is 20.1 Å². The van der Waals surface area contributed by atoms with Gasteiger partial charge in [0.1, 0.15) is 18.3 Å². The molecule has 0 spiro atoms. The van der Waals surface area contributed by atoms with Crippen molar-refractivity contribution in [2.24, 2.45) is 0 Å². The van der Waals surface area contributed by atoms with E-state index in [9.17, 15) is 20.1 Å². The topological polar surface area (TPSA) is 137 Å². The van der Waals surface area contributed by atoms with Crippen LogP contribution in [0.5, 0.6) is 0 Å². The maximum atomic E-state index is 12.1. The number of hydrogen-bond donors (Lipinski definition) is 4. The molecule has 4 heterocycles. The molecule has 2 aliphatic heterocycles. The summed E-state index contributed by atoms with van der Waals surface area (Å²) in [6.07, 6.45) is -1.11. The average molecular weight is 337 g/mol. The van der Waals surface area contributed by atoms with Crippen molar-refractivity contribution in [2.45, 2.75) is 37.4 Å². The van der Waals surface area contributed by atoms with Gasteiger partial charge in [-0.25, -0.2) is 9.97 Å². The fourth-order valence-corrected chi connectivity index (χ4v) is 3.38. The van der Waals surface area contributed by atoms with Gasteiger partial charge in [0.25, 0.3) is 5.56 Å². The molecule has 2 aliphatic rings. The van der Waals surface area contributed by atoms with Crippen molar-refractivity contribution in [2.75, 3.05) is 24.6 Å². The highest BCUT2D eigenvalue weighted by Crippen LogP contribution is 2.35. The molecule has 0 aliphatic carbocycles. The Morgan fingerprint density at radius 3 is 2.71 bits per heavy atom. The number of ether oxygens (including phenoxy) is 1. The molecule has 130 valence electrons. The highest BCUT2D eigenvalue weighted by atomic mass is 16.6. The van der Waals surface area contributed by atoms with E-state index < -0.39 is 31.1 Å². The number of nitrogens with zero attached hydrogens (tertiary/aromatic N) is 4. The number of nitrogens with one attached hydrogen (secondary N) is 1. The molecule has 4 N–H and O–H groups in total. The average Bonchev–Trinajstić information content (AvgIpc) is 3.27. The summed E-state index contributed by atoms with van der Waals surface area (Å²) < 4.78 is 7.16. The number of aromatic amines is 1. The highest BCUT2D eigenvalue weighted by molar-refractivity contribution is 5.74. The van der Waals surface area contributed by atoms with Gasteiger partial charge in [-0.1, -0.05) is 0 Å². The van der Waals surface area contributed by atoms with Gasteiger partial charge in [0.15, 0.2) is 17.4 Å². The Morgan fingerprint density at radius 1 is 1.29 bits per heavy atom. The number of aliphatic hydroxyl groups excluding tert-OH is 3. The molecule has 2 aromatic heterocycles. The predicted octanol–water partition coefficient (Wildman–Crippen LogP) is -1.67. The van der Waals surface area contributed by atoms with Crippen LogP contribution in [0.25, 0.3) is 11.2 Å². The quantitative estimate of drug-likeness (QED) is 0.522. The first-order valence-corrected chi connectivity index (χ1v) is 7.95. The lowest BCUT2D eigenvalue weighted by Gasteiger charge is -2.23. The second kappa shape index (κ2) is 5.81. The summed E-state index contributed by atoms with van der Waals surface area (Å²) in [5.41, 5.74) is 0.0403. The minimum absolute atomic E-state index is 0.150. The minimum Gasteiger partial charge on any atom is -0.394 e. The number of aromatic nitrogens is 4. The van der Waals surface area contributed by atoms with Crippen molar-refractivity contribution in [1.82, 2.24) is 19.5 Å². The lowest BCUT2D eigenvalue weighted by molar-refractivity contribution is -0.0504. The van der Waals surface area contributed by atoms with E-state index in [2.05, 4.69) is 15.0 Å². The zero-order valence-electron chi connectivity index (χ0n) is 12.9. The number of imidazole rings is 1. The number of hydrogen-bond acceptors (Lipinski definition) is 8. The molecule has 0 aromatic carbocycles. The zero-order valence-corrected chi connectivity index (χ0v) is 12.9. The first-order valence-electron chi connectivity index (χ1n) is 7.95. The van der Waals surface area contributed by atoms with Crippen LogP contribution in [0, 0.1) is 0 Å². The van der Waals surface area contributed by atoms with Crippen LogP contribution in [0.15, 0.2) is 11.1 Å². The monoisotopic (exact) mass is 337 g/mol. The molecule has 4 atom stereocenters. The van der Waals surface area contributed by atoms with Crippen molar-refractivity contribution in [3.8, 4) is 0 Å². The van der Waals surface area contributed by atoms with Crippen LogP contribution >= 0.6 is 0 Å². The lowest BCUT2D eigenvalue weighted by Crippen LogP contribution is -2.34. The molecule has 0 radical (unpaired) electrons. The van der Waals surface area contributed by atoms with E-state index in [1.807, 2.05) is 4.90 Å². The molecule has 0 bridgehead atoms. The normalized spacial score (nSPS) is 30.5. The summed E-state index contributed by atoms with van der Waals surface area (Å²) in [4.78, 5) is 25.1. The third-order valence-electron chi connectivity index (χ3n) is 4.63. The largest absolute Gasteiger partial charge is 0.394 e. The van der Waals surface area contributed by atoms with Gasteiger partial charge in [-0.15, -0.1) is 0 Å². The fraction of sp³-hybridized carbons (Fsp3) is 0.643. The number of fused-ring (bicyclic) bond motifs is 1. The van der Waals surface area contributed by atoms with Crippen molar-refractivity contribution in [3.63, 3.8) is 0 Å². The van der Waals surface area contributed by atoms with Crippen LogP contribution in [0.1, 0.15) is 19.1 Å². The Bertz CT molecular complexity index is 798. The van der Waals surface area contributed by atoms with Crippen LogP contribution in [-0.4, -0.2) is 72.8 Å². The number of anilines is 1. The maximum absolute atomic E-state index is 12.1. The van der Waals surface area contributed by atoms with Crippen molar-refractivity contribution in [3.05, 3.63) is 16.7 Å². The summed E-state index contributed by atoms with van der Waals surface area (Å²) in [6, 6.07) is 0. The Balaban J connectivity index is 1.88. The summed E-state index contributed by atoms with van der Waals surface area (Å²) in [6.45, 7) is 1.13. The number of aliphatic hydroxyl groups is 3. The predicted molar refractivity (Wildman–Crippen MR) is 82.6 cm³/mol. The third-order valence-corrected chi connectivity index (χ3v) is 4.63. The van der Waals surface area contributed by atoms with Gasteiger partial charge in [0.2, 0.25) is 5.95 Å². The lowest BCUT2D eigenvalue weighted by atomic mass is 10.1. The third kappa shape index (κ3) is 2.22. The summed E-state index contributed by atoms with van der Waals surface area (Å²) in [5, 5.41) is 29.7. The molecule has 0 unspecified atom stereocenters. The van der Waals surface area contributed by atoms with Gasteiger partial charge >= 0.3 is 0 Å². The Kier molecular flexibility index (Phi) is 3.76. The first-order chi connectivity index (χ1) is 11.6. The van der Waals surface area contributed by atoms with E-state index in [0.717, 1.165) is 25.9 Å². The van der Waals surface area contributed by atoms with E-state index in [1.54, 1.807) is 4.57 Å². The molecule has 0 amide bonds. The van der Waals surface area contributed by atoms with Gasteiger partial charge in [-0.05, 0) is 12.8 Å². The maximum Gasteiger partial charge on any atom is 0.278 e. The van der Waals surface area contributed by atoms with E-state index in [-0.39, 0.29) is 16.7 Å². The first kappa shape index (κ1) is 15.5. The minimum atomic E-state index is -1.26. The van der Waals surface area contributed by atoms with E-state index in [0.29, 0.717) is 5.95 Å². The summed E-state index contributed by atoms with van der Waals surface area (Å²) in [5.74, 6) is 0.474. The van der Waals surface area contributed by atoms with Crippen LogP contribution in [0.2, 0.25) is 0 Å². The van der Waals surface area contributed by atoms with Crippen LogP contribution in [0.4, 0.5) is 5.95 Å². The molecule has 2 fully saturated rings. The van der Waals surface area contributed by atoms with Gasteiger partial charge in [-0.2, -0.15) is 0 Å². The molecular formula is C14H19N5O5. The van der Waals surface area contributed by atoms with Gasteiger partial charge in [0, 0.05) is 13.1 Å². The summed E-state index contributed by atoms with van der Waals surface area (Å²) >= 11 is 0. The fourth-order valence-electron chi connectivity index (χ4n) is 3.38. The second-order valence-corrected chi connectivity index (χ2v) is 6.11. The number of rotatable bonds is 3. The van der Waals surface area contributed by atoms with E-state index in [1.165, 1.54) is 6.33 Å². The van der Waals surface area contributed by atoms with Crippen molar-refractivity contribution in [1.29, 1.82) is 0 Å². The van der Waals surface area contributed by atoms with Crippen LogP contribution < -0.4 is 10.5 Å². The molecule has 4 rings (SSSR count). The molecule has 10 nitrogen and oxygen atoms in total. The van der Waals surface area contributed by atoms with Crippen molar-refractivity contribution >= 4 is 17.1 Å². The van der Waals surface area contributed by atoms with Gasteiger partial charge < -0.3 is 29.9 Å². The van der Waals surface area contributed by atoms with Gasteiger partial charge in [-0.3, -0.25) is 9.36 Å². The molecule has 2 saturated heterocycles. The van der Waals surface area contributed by atoms with E-state index in [4.69, 9.17) is 4.74 Å². The summed E-state index contributed by atoms with van der Waals surface area (Å²) in [7, 11) is 0. The highest BCUT2D eigenvalue weighted by Gasteiger charge is 2.45. The van der Waals surface area contributed by atoms with Crippen LogP contribution in [0.3, 0.4) is 0 Å². The smallest absolute Gasteiger partial charge is 0.278 e. The Hall–Kier alpha value is -2.01. The molecular weight excluding hydrogens is 318 g/mol. The molecule has 10 heteroatoms.